The molecule has 2 aliphatic rings. The largest absolute Gasteiger partial charge is 0.328 e. The highest BCUT2D eigenvalue weighted by Crippen LogP contribution is 2.34. The minimum absolute atomic E-state index is 0.511. The van der Waals surface area contributed by atoms with Crippen LogP contribution in [-0.4, -0.2) is 17.8 Å². The number of allylic oxidation sites excluding steroid dienone is 1. The van der Waals surface area contributed by atoms with E-state index in [1.807, 2.05) is 6.08 Å². The fourth-order valence-electron chi connectivity index (χ4n) is 2.53. The van der Waals surface area contributed by atoms with Gasteiger partial charge in [0, 0.05) is 0 Å². The number of amides is 4. The number of barbiturate groups is 1. The number of hydrogen-bond acceptors (Lipinski definition) is 3. The molecule has 2 rings (SSSR count). The molecule has 0 aromatic rings. The Morgan fingerprint density at radius 2 is 1.61 bits per heavy atom. The van der Waals surface area contributed by atoms with Crippen LogP contribution in [-0.2, 0) is 9.59 Å². The van der Waals surface area contributed by atoms with Gasteiger partial charge in [-0.2, -0.15) is 0 Å². The zero-order chi connectivity index (χ0) is 13.2. The lowest BCUT2D eigenvalue weighted by atomic mass is 9.75. The van der Waals surface area contributed by atoms with Gasteiger partial charge in [-0.3, -0.25) is 20.2 Å². The first-order valence-corrected chi connectivity index (χ1v) is 6.41. The van der Waals surface area contributed by atoms with Gasteiger partial charge in [-0.25, -0.2) is 4.79 Å². The van der Waals surface area contributed by atoms with Crippen molar-refractivity contribution in [1.82, 2.24) is 10.6 Å². The molecule has 5 heteroatoms. The number of hydrogen-bond donors (Lipinski definition) is 2. The third-order valence-corrected chi connectivity index (χ3v) is 3.80. The summed E-state index contributed by atoms with van der Waals surface area (Å²) >= 11 is 0. The lowest BCUT2D eigenvalue weighted by Gasteiger charge is -2.33. The topological polar surface area (TPSA) is 75.3 Å². The summed E-state index contributed by atoms with van der Waals surface area (Å²) in [6, 6.07) is -0.728. The van der Waals surface area contributed by atoms with Crippen molar-refractivity contribution in [2.45, 2.75) is 45.4 Å². The molecule has 98 valence electrons. The second-order valence-corrected chi connectivity index (χ2v) is 5.04. The van der Waals surface area contributed by atoms with Crippen LogP contribution in [0.5, 0.6) is 0 Å². The molecular formula is C13H18N2O3. The highest BCUT2D eigenvalue weighted by Gasteiger charge is 2.48. The molecule has 1 saturated heterocycles. The number of rotatable bonds is 1. The molecule has 2 N–H and O–H groups in total. The van der Waals surface area contributed by atoms with Crippen LogP contribution in [0.3, 0.4) is 0 Å². The average molecular weight is 250 g/mol. The van der Waals surface area contributed by atoms with Gasteiger partial charge in [0.2, 0.25) is 11.8 Å². The van der Waals surface area contributed by atoms with Crippen LogP contribution in [0.1, 0.15) is 45.4 Å². The molecule has 0 bridgehead atoms. The average Bonchev–Trinajstić information content (AvgIpc) is 2.25. The van der Waals surface area contributed by atoms with Crippen molar-refractivity contribution in [3.63, 3.8) is 0 Å². The van der Waals surface area contributed by atoms with Gasteiger partial charge in [0.25, 0.3) is 0 Å². The Morgan fingerprint density at radius 3 is 2.28 bits per heavy atom. The van der Waals surface area contributed by atoms with Crippen molar-refractivity contribution >= 4 is 17.8 Å². The van der Waals surface area contributed by atoms with Crippen molar-refractivity contribution in [3.8, 4) is 0 Å². The Hall–Kier alpha value is -1.65. The summed E-state index contributed by atoms with van der Waals surface area (Å²) in [5, 5.41) is 4.37. The van der Waals surface area contributed by atoms with Crippen molar-refractivity contribution in [3.05, 3.63) is 11.6 Å². The molecule has 0 unspecified atom stereocenters. The lowest BCUT2D eigenvalue weighted by Crippen LogP contribution is -2.61. The van der Waals surface area contributed by atoms with E-state index >= 15 is 0 Å². The predicted octanol–water partition coefficient (Wildman–Crippen LogP) is 1.64. The highest BCUT2D eigenvalue weighted by atomic mass is 16.2. The van der Waals surface area contributed by atoms with Gasteiger partial charge >= 0.3 is 6.03 Å². The molecule has 0 saturated carbocycles. The van der Waals surface area contributed by atoms with E-state index in [1.165, 1.54) is 6.42 Å². The molecule has 0 radical (unpaired) electrons. The summed E-state index contributed by atoms with van der Waals surface area (Å²) in [6.07, 6.45) is 8.00. The number of carbonyl (C=O) groups is 3. The Balaban J connectivity index is 2.30. The van der Waals surface area contributed by atoms with Gasteiger partial charge in [0.1, 0.15) is 5.41 Å². The Labute approximate surface area is 106 Å². The third-order valence-electron chi connectivity index (χ3n) is 3.80. The molecule has 4 amide bonds. The molecule has 18 heavy (non-hydrogen) atoms. The van der Waals surface area contributed by atoms with Crippen LogP contribution in [0.4, 0.5) is 4.79 Å². The summed E-state index contributed by atoms with van der Waals surface area (Å²) < 4.78 is 0. The maximum Gasteiger partial charge on any atom is 0.328 e. The second kappa shape index (κ2) is 4.92. The number of nitrogens with one attached hydrogen (secondary N) is 2. The normalized spacial score (nSPS) is 27.4. The van der Waals surface area contributed by atoms with Gasteiger partial charge in [0.15, 0.2) is 0 Å². The van der Waals surface area contributed by atoms with Gasteiger partial charge in [-0.15, -0.1) is 0 Å². The minimum atomic E-state index is -1.23. The summed E-state index contributed by atoms with van der Waals surface area (Å²) in [5.74, 6) is -1.02. The molecule has 1 aliphatic carbocycles. The summed E-state index contributed by atoms with van der Waals surface area (Å²) in [6.45, 7) is 1.59. The Bertz CT molecular complexity index is 406. The van der Waals surface area contributed by atoms with Crippen LogP contribution < -0.4 is 10.6 Å². The summed E-state index contributed by atoms with van der Waals surface area (Å²) in [7, 11) is 0. The van der Waals surface area contributed by atoms with Gasteiger partial charge in [-0.05, 0) is 38.2 Å². The second-order valence-electron chi connectivity index (χ2n) is 5.04. The molecule has 5 nitrogen and oxygen atoms in total. The monoisotopic (exact) mass is 250 g/mol. The summed E-state index contributed by atoms with van der Waals surface area (Å²) in [5.41, 5.74) is -0.393. The Morgan fingerprint density at radius 1 is 1.00 bits per heavy atom. The van der Waals surface area contributed by atoms with Crippen LogP contribution in [0.25, 0.3) is 0 Å². The maximum absolute atomic E-state index is 12.0. The Kier molecular flexibility index (Phi) is 3.50. The first-order valence-electron chi connectivity index (χ1n) is 6.41. The zero-order valence-corrected chi connectivity index (χ0v) is 10.5. The van der Waals surface area contributed by atoms with E-state index in [2.05, 4.69) is 10.6 Å². The lowest BCUT2D eigenvalue weighted by molar-refractivity contribution is -0.140. The number of urea groups is 1. The predicted molar refractivity (Wildman–Crippen MR) is 65.6 cm³/mol. The van der Waals surface area contributed by atoms with E-state index < -0.39 is 23.3 Å². The van der Waals surface area contributed by atoms with Crippen molar-refractivity contribution in [2.24, 2.45) is 5.41 Å². The van der Waals surface area contributed by atoms with Crippen molar-refractivity contribution in [2.75, 3.05) is 0 Å². The molecule has 1 fully saturated rings. The van der Waals surface area contributed by atoms with Crippen LogP contribution in [0, 0.1) is 5.41 Å². The quantitative estimate of drug-likeness (QED) is 0.548. The van der Waals surface area contributed by atoms with Crippen molar-refractivity contribution in [1.29, 1.82) is 0 Å². The van der Waals surface area contributed by atoms with Gasteiger partial charge < -0.3 is 0 Å². The van der Waals surface area contributed by atoms with Gasteiger partial charge in [-0.1, -0.05) is 18.9 Å². The summed E-state index contributed by atoms with van der Waals surface area (Å²) in [4.78, 5) is 35.1. The standard InChI is InChI=1S/C13H18N2O3/c1-13(9-7-5-3-2-4-6-8-9)10(16)14-12(18)15-11(13)17/h7H,2-6,8H2,1H3,(H2,14,15,16,17,18)/b9-7+. The van der Waals surface area contributed by atoms with E-state index in [1.54, 1.807) is 6.92 Å². The highest BCUT2D eigenvalue weighted by molar-refractivity contribution is 6.20. The van der Waals surface area contributed by atoms with Crippen LogP contribution in [0.2, 0.25) is 0 Å². The first-order chi connectivity index (χ1) is 8.55. The smallest absolute Gasteiger partial charge is 0.277 e. The minimum Gasteiger partial charge on any atom is -0.277 e. The molecule has 0 spiro atoms. The number of imide groups is 2. The molecule has 0 aromatic heterocycles. The van der Waals surface area contributed by atoms with E-state index in [-0.39, 0.29) is 0 Å². The molecule has 0 atom stereocenters. The molecule has 0 aromatic carbocycles. The fourth-order valence-corrected chi connectivity index (χ4v) is 2.53. The zero-order valence-electron chi connectivity index (χ0n) is 10.5. The van der Waals surface area contributed by atoms with E-state index in [4.69, 9.17) is 0 Å². The van der Waals surface area contributed by atoms with E-state index in [0.717, 1.165) is 37.7 Å². The van der Waals surface area contributed by atoms with E-state index in [9.17, 15) is 14.4 Å². The third kappa shape index (κ3) is 2.17. The van der Waals surface area contributed by atoms with Crippen LogP contribution in [0.15, 0.2) is 11.6 Å². The fraction of sp³-hybridized carbons (Fsp3) is 0.615. The molecule has 1 heterocycles. The maximum atomic E-state index is 12.0. The molecule has 1 aliphatic heterocycles. The van der Waals surface area contributed by atoms with Crippen molar-refractivity contribution < 1.29 is 14.4 Å². The SMILES string of the molecule is CC1(/C2=C/CCCCCC2)C(=O)NC(=O)NC1=O. The van der Waals surface area contributed by atoms with Gasteiger partial charge in [0.05, 0.1) is 0 Å². The number of carbonyl (C=O) groups excluding carboxylic acids is 3. The first kappa shape index (κ1) is 12.8. The van der Waals surface area contributed by atoms with Crippen LogP contribution >= 0.6 is 0 Å². The van der Waals surface area contributed by atoms with E-state index in [0.29, 0.717) is 0 Å². The molecular weight excluding hydrogens is 232 g/mol.